The molecule has 2 aromatic rings. The first-order valence-electron chi connectivity index (χ1n) is 7.48. The third-order valence-corrected chi connectivity index (χ3v) is 3.26. The minimum Gasteiger partial charge on any atom is -0.497 e. The van der Waals surface area contributed by atoms with E-state index in [4.69, 9.17) is 9.57 Å². The lowest BCUT2D eigenvalue weighted by Gasteiger charge is -2.11. The second-order valence-corrected chi connectivity index (χ2v) is 5.04. The van der Waals surface area contributed by atoms with Gasteiger partial charge >= 0.3 is 6.18 Å². The molecule has 0 fully saturated rings. The minimum absolute atomic E-state index is 0.0896. The van der Waals surface area contributed by atoms with E-state index in [0.29, 0.717) is 5.75 Å². The van der Waals surface area contributed by atoms with Crippen molar-refractivity contribution >= 4 is 12.1 Å². The molecule has 2 rings (SSSR count). The molecule has 138 valence electrons. The van der Waals surface area contributed by atoms with Crippen molar-refractivity contribution in [2.75, 3.05) is 13.7 Å². The zero-order chi connectivity index (χ0) is 19.0. The van der Waals surface area contributed by atoms with Gasteiger partial charge in [-0.25, -0.2) is 0 Å². The number of hydrogen-bond acceptors (Lipinski definition) is 5. The number of carbonyl (C=O) groups is 1. The Labute approximate surface area is 147 Å². The molecule has 0 bridgehead atoms. The summed E-state index contributed by atoms with van der Waals surface area (Å²) in [6.45, 7) is 0.114. The van der Waals surface area contributed by atoms with Gasteiger partial charge in [-0.3, -0.25) is 9.78 Å². The summed E-state index contributed by atoms with van der Waals surface area (Å²) >= 11 is 0. The summed E-state index contributed by atoms with van der Waals surface area (Å²) in [6.07, 6.45) is -1.54. The molecule has 1 aromatic heterocycles. The van der Waals surface area contributed by atoms with Gasteiger partial charge in [-0.15, -0.1) is 0 Å². The first-order valence-corrected chi connectivity index (χ1v) is 7.48. The normalized spacial score (nSPS) is 11.4. The molecule has 0 aliphatic carbocycles. The molecule has 1 aromatic carbocycles. The number of rotatable bonds is 7. The number of nitrogens with one attached hydrogen (secondary N) is 1. The van der Waals surface area contributed by atoms with Crippen molar-refractivity contribution in [2.24, 2.45) is 5.16 Å². The maximum absolute atomic E-state index is 12.8. The molecular formula is C17H16F3N3O3. The third kappa shape index (κ3) is 5.47. The van der Waals surface area contributed by atoms with Crippen LogP contribution in [0.25, 0.3) is 0 Å². The van der Waals surface area contributed by atoms with E-state index < -0.39 is 23.2 Å². The Morgan fingerprint density at radius 1 is 1.27 bits per heavy atom. The minimum atomic E-state index is -4.63. The molecule has 0 radical (unpaired) electrons. The van der Waals surface area contributed by atoms with Crippen LogP contribution in [0.15, 0.2) is 47.9 Å². The van der Waals surface area contributed by atoms with E-state index in [0.717, 1.165) is 24.0 Å². The van der Waals surface area contributed by atoms with Crippen molar-refractivity contribution < 1.29 is 27.5 Å². The number of amides is 1. The molecule has 9 heteroatoms. The number of halogens is 3. The average molecular weight is 367 g/mol. The summed E-state index contributed by atoms with van der Waals surface area (Å²) in [5.41, 5.74) is -0.734. The highest BCUT2D eigenvalue weighted by molar-refractivity contribution is 5.96. The Morgan fingerprint density at radius 3 is 2.65 bits per heavy atom. The van der Waals surface area contributed by atoms with Gasteiger partial charge in [0.25, 0.3) is 5.91 Å². The summed E-state index contributed by atoms with van der Waals surface area (Å²) in [5.74, 6) is -0.180. The Balaban J connectivity index is 1.80. The Kier molecular flexibility index (Phi) is 6.54. The lowest BCUT2D eigenvalue weighted by molar-refractivity contribution is -0.138. The van der Waals surface area contributed by atoms with Crippen LogP contribution in [0.5, 0.6) is 5.75 Å². The van der Waals surface area contributed by atoms with Gasteiger partial charge in [0.05, 0.1) is 31.0 Å². The summed E-state index contributed by atoms with van der Waals surface area (Å²) in [7, 11) is 1.56. The molecule has 0 aliphatic rings. The summed E-state index contributed by atoms with van der Waals surface area (Å²) in [5, 5.41) is 5.94. The van der Waals surface area contributed by atoms with E-state index in [1.54, 1.807) is 31.4 Å². The second kappa shape index (κ2) is 8.84. The SMILES string of the molecule is COc1ccc(CON=CCNC(=O)c2cnccc2C(F)(F)F)cc1. The van der Waals surface area contributed by atoms with Gasteiger partial charge in [0.1, 0.15) is 12.4 Å². The van der Waals surface area contributed by atoms with E-state index in [1.807, 2.05) is 0 Å². The van der Waals surface area contributed by atoms with Crippen molar-refractivity contribution in [3.05, 3.63) is 59.4 Å². The highest BCUT2D eigenvalue weighted by Crippen LogP contribution is 2.31. The van der Waals surface area contributed by atoms with Crippen LogP contribution in [0, 0.1) is 0 Å². The van der Waals surface area contributed by atoms with Gasteiger partial charge in [-0.05, 0) is 23.8 Å². The molecule has 0 unspecified atom stereocenters. The fourth-order valence-electron chi connectivity index (χ4n) is 1.98. The van der Waals surface area contributed by atoms with Crippen molar-refractivity contribution in [3.63, 3.8) is 0 Å². The van der Waals surface area contributed by atoms with E-state index in [9.17, 15) is 18.0 Å². The molecule has 0 spiro atoms. The largest absolute Gasteiger partial charge is 0.497 e. The molecule has 1 N–H and O–H groups in total. The Morgan fingerprint density at radius 2 is 2.00 bits per heavy atom. The first-order chi connectivity index (χ1) is 12.4. The smallest absolute Gasteiger partial charge is 0.417 e. The molecule has 26 heavy (non-hydrogen) atoms. The summed E-state index contributed by atoms with van der Waals surface area (Å²) in [6, 6.07) is 7.90. The van der Waals surface area contributed by atoms with Crippen LogP contribution in [0.1, 0.15) is 21.5 Å². The standard InChI is InChI=1S/C17H16F3N3O3/c1-25-13-4-2-12(3-5-13)11-26-23-9-8-22-16(24)14-10-21-7-6-15(14)17(18,19)20/h2-7,9-10H,8,11H2,1H3,(H,22,24). The average Bonchev–Trinajstić information content (AvgIpc) is 2.64. The number of pyridine rings is 1. The zero-order valence-electron chi connectivity index (χ0n) is 13.8. The van der Waals surface area contributed by atoms with Crippen molar-refractivity contribution in [1.29, 1.82) is 0 Å². The number of carbonyl (C=O) groups excluding carboxylic acids is 1. The fourth-order valence-corrected chi connectivity index (χ4v) is 1.98. The maximum atomic E-state index is 12.8. The molecule has 1 amide bonds. The molecular weight excluding hydrogens is 351 g/mol. The van der Waals surface area contributed by atoms with Crippen LogP contribution in [0.2, 0.25) is 0 Å². The van der Waals surface area contributed by atoms with E-state index in [-0.39, 0.29) is 13.2 Å². The molecule has 0 aliphatic heterocycles. The highest BCUT2D eigenvalue weighted by Gasteiger charge is 2.35. The Bertz CT molecular complexity index is 762. The van der Waals surface area contributed by atoms with Crippen LogP contribution in [0.3, 0.4) is 0 Å². The maximum Gasteiger partial charge on any atom is 0.417 e. The quantitative estimate of drug-likeness (QED) is 0.603. The van der Waals surface area contributed by atoms with Crippen molar-refractivity contribution in [1.82, 2.24) is 10.3 Å². The number of oxime groups is 1. The number of nitrogens with zero attached hydrogens (tertiary/aromatic N) is 2. The second-order valence-electron chi connectivity index (χ2n) is 5.04. The summed E-state index contributed by atoms with van der Waals surface area (Å²) < 4.78 is 43.6. The highest BCUT2D eigenvalue weighted by atomic mass is 19.4. The number of ether oxygens (including phenoxy) is 1. The van der Waals surface area contributed by atoms with E-state index in [1.165, 1.54) is 6.21 Å². The van der Waals surface area contributed by atoms with Gasteiger partial charge in [-0.2, -0.15) is 13.2 Å². The van der Waals surface area contributed by atoms with Crippen LogP contribution < -0.4 is 10.1 Å². The van der Waals surface area contributed by atoms with Crippen LogP contribution >= 0.6 is 0 Å². The van der Waals surface area contributed by atoms with Gasteiger partial charge in [0.2, 0.25) is 0 Å². The summed E-state index contributed by atoms with van der Waals surface area (Å²) in [4.78, 5) is 20.5. The molecule has 0 atom stereocenters. The van der Waals surface area contributed by atoms with Gasteiger partial charge in [0.15, 0.2) is 0 Å². The van der Waals surface area contributed by atoms with Crippen molar-refractivity contribution in [2.45, 2.75) is 12.8 Å². The zero-order valence-corrected chi connectivity index (χ0v) is 13.8. The lowest BCUT2D eigenvalue weighted by atomic mass is 10.1. The van der Waals surface area contributed by atoms with Gasteiger partial charge in [-0.1, -0.05) is 17.3 Å². The number of methoxy groups -OCH3 is 1. The van der Waals surface area contributed by atoms with Crippen LogP contribution in [-0.4, -0.2) is 30.8 Å². The van der Waals surface area contributed by atoms with Crippen LogP contribution in [0.4, 0.5) is 13.2 Å². The van der Waals surface area contributed by atoms with E-state index in [2.05, 4.69) is 15.5 Å². The fraction of sp³-hybridized carbons (Fsp3) is 0.235. The lowest BCUT2D eigenvalue weighted by Crippen LogP contribution is -2.28. The van der Waals surface area contributed by atoms with Crippen LogP contribution in [-0.2, 0) is 17.6 Å². The topological polar surface area (TPSA) is 72.8 Å². The number of hydrogen-bond donors (Lipinski definition) is 1. The molecule has 6 nitrogen and oxygen atoms in total. The van der Waals surface area contributed by atoms with Gasteiger partial charge in [0, 0.05) is 12.4 Å². The molecule has 0 saturated carbocycles. The predicted molar refractivity (Wildman–Crippen MR) is 87.8 cm³/mol. The third-order valence-electron chi connectivity index (χ3n) is 3.26. The number of benzene rings is 1. The first kappa shape index (κ1) is 19.2. The number of aromatic nitrogens is 1. The monoisotopic (exact) mass is 367 g/mol. The van der Waals surface area contributed by atoms with Crippen molar-refractivity contribution in [3.8, 4) is 5.75 Å². The van der Waals surface area contributed by atoms with E-state index >= 15 is 0 Å². The Hall–Kier alpha value is -3.10. The predicted octanol–water partition coefficient (Wildman–Crippen LogP) is 3.04. The number of alkyl halides is 3. The van der Waals surface area contributed by atoms with Gasteiger partial charge < -0.3 is 14.9 Å². The molecule has 1 heterocycles. The molecule has 0 saturated heterocycles.